The molecule has 1 rings (SSSR count). The summed E-state index contributed by atoms with van der Waals surface area (Å²) in [6.07, 6.45) is 0.512. The number of nitro benzene ring substituents is 1. The third kappa shape index (κ3) is 4.62. The van der Waals surface area contributed by atoms with Crippen LogP contribution in [0.1, 0.15) is 26.7 Å². The Balaban J connectivity index is 3.02. The van der Waals surface area contributed by atoms with E-state index in [9.17, 15) is 14.9 Å². The molecule has 0 aliphatic rings. The zero-order valence-corrected chi connectivity index (χ0v) is 13.5. The molecule has 0 heterocycles. The first kappa shape index (κ1) is 16.7. The number of aliphatic carboxylic acids is 1. The number of halogens is 1. The lowest BCUT2D eigenvalue weighted by Crippen LogP contribution is -2.32. The fourth-order valence-corrected chi connectivity index (χ4v) is 2.42. The number of carboxylic acid groups (broad SMARTS) is 1. The molecular formula is C13H17IN2O4. The van der Waals surface area contributed by atoms with E-state index in [2.05, 4.69) is 0 Å². The molecule has 0 radical (unpaired) electrons. The zero-order chi connectivity index (χ0) is 15.3. The third-order valence-corrected chi connectivity index (χ3v) is 3.53. The van der Waals surface area contributed by atoms with Crippen LogP contribution in [0.25, 0.3) is 0 Å². The Morgan fingerprint density at radius 3 is 2.65 bits per heavy atom. The minimum absolute atomic E-state index is 0.0564. The van der Waals surface area contributed by atoms with Gasteiger partial charge in [0.05, 0.1) is 4.92 Å². The summed E-state index contributed by atoms with van der Waals surface area (Å²) in [5.41, 5.74) is 0.594. The van der Waals surface area contributed by atoms with E-state index in [0.29, 0.717) is 18.7 Å². The van der Waals surface area contributed by atoms with Gasteiger partial charge in [0, 0.05) is 28.6 Å². The Morgan fingerprint density at radius 1 is 1.50 bits per heavy atom. The van der Waals surface area contributed by atoms with E-state index in [4.69, 9.17) is 5.11 Å². The topological polar surface area (TPSA) is 83.7 Å². The van der Waals surface area contributed by atoms with Gasteiger partial charge in [0.2, 0.25) is 0 Å². The van der Waals surface area contributed by atoms with Crippen LogP contribution in [0.2, 0.25) is 0 Å². The highest BCUT2D eigenvalue weighted by Gasteiger charge is 2.21. The van der Waals surface area contributed by atoms with E-state index in [1.165, 1.54) is 6.07 Å². The fraction of sp³-hybridized carbons (Fsp3) is 0.462. The largest absolute Gasteiger partial charge is 0.481 e. The normalized spacial score (nSPS) is 10.6. The van der Waals surface area contributed by atoms with E-state index in [-0.39, 0.29) is 18.2 Å². The number of rotatable bonds is 7. The minimum Gasteiger partial charge on any atom is -0.481 e. The molecule has 0 atom stereocenters. The highest BCUT2D eigenvalue weighted by molar-refractivity contribution is 14.1. The molecule has 1 aromatic rings. The second-order valence-electron chi connectivity index (χ2n) is 4.67. The van der Waals surface area contributed by atoms with Gasteiger partial charge >= 0.3 is 5.97 Å². The molecule has 0 fully saturated rings. The Bertz CT molecular complexity index is 505. The maximum atomic E-state index is 11.2. The van der Waals surface area contributed by atoms with Crippen LogP contribution in [0, 0.1) is 13.7 Å². The summed E-state index contributed by atoms with van der Waals surface area (Å²) in [6.45, 7) is 4.34. The maximum absolute atomic E-state index is 11.2. The van der Waals surface area contributed by atoms with Crippen LogP contribution in [0.3, 0.4) is 0 Å². The summed E-state index contributed by atoms with van der Waals surface area (Å²) in [5.74, 6) is -0.856. The van der Waals surface area contributed by atoms with Crippen molar-refractivity contribution >= 4 is 39.9 Å². The Morgan fingerprint density at radius 2 is 2.15 bits per heavy atom. The van der Waals surface area contributed by atoms with Crippen LogP contribution in [-0.2, 0) is 4.79 Å². The van der Waals surface area contributed by atoms with Crippen LogP contribution in [0.15, 0.2) is 18.2 Å². The summed E-state index contributed by atoms with van der Waals surface area (Å²) < 4.78 is 0.798. The van der Waals surface area contributed by atoms with E-state index in [1.807, 2.05) is 47.4 Å². The van der Waals surface area contributed by atoms with Crippen LogP contribution in [0.5, 0.6) is 0 Å². The van der Waals surface area contributed by atoms with Gasteiger partial charge in [-0.05, 0) is 55.0 Å². The molecule has 0 amide bonds. The first-order chi connectivity index (χ1) is 9.32. The van der Waals surface area contributed by atoms with Crippen molar-refractivity contribution < 1.29 is 14.8 Å². The minimum atomic E-state index is -0.856. The van der Waals surface area contributed by atoms with Gasteiger partial charge in [-0.25, -0.2) is 0 Å². The molecular weight excluding hydrogens is 375 g/mol. The summed E-state index contributed by atoms with van der Waals surface area (Å²) in [4.78, 5) is 23.2. The van der Waals surface area contributed by atoms with E-state index in [1.54, 1.807) is 6.07 Å². The van der Waals surface area contributed by atoms with Gasteiger partial charge in [-0.1, -0.05) is 0 Å². The molecule has 110 valence electrons. The molecule has 1 aromatic carbocycles. The molecule has 0 aliphatic heterocycles. The van der Waals surface area contributed by atoms with E-state index >= 15 is 0 Å². The number of carbonyl (C=O) groups is 1. The molecule has 0 saturated carbocycles. The Labute approximate surface area is 131 Å². The summed E-state index contributed by atoms with van der Waals surface area (Å²) in [6, 6.07) is 5.13. The fourth-order valence-electron chi connectivity index (χ4n) is 1.94. The summed E-state index contributed by atoms with van der Waals surface area (Å²) in [5, 5.41) is 19.9. The van der Waals surface area contributed by atoms with Gasteiger partial charge in [0.1, 0.15) is 5.69 Å². The van der Waals surface area contributed by atoms with Crippen molar-refractivity contribution in [3.05, 3.63) is 31.9 Å². The molecule has 0 bridgehead atoms. The van der Waals surface area contributed by atoms with Crippen molar-refractivity contribution in [2.24, 2.45) is 0 Å². The van der Waals surface area contributed by atoms with Gasteiger partial charge < -0.3 is 10.0 Å². The van der Waals surface area contributed by atoms with Crippen molar-refractivity contribution in [2.75, 3.05) is 11.4 Å². The third-order valence-electron chi connectivity index (χ3n) is 2.86. The Kier molecular flexibility index (Phi) is 6.18. The summed E-state index contributed by atoms with van der Waals surface area (Å²) in [7, 11) is 0. The Hall–Kier alpha value is -1.38. The molecule has 7 heteroatoms. The molecule has 0 unspecified atom stereocenters. The molecule has 20 heavy (non-hydrogen) atoms. The van der Waals surface area contributed by atoms with Crippen molar-refractivity contribution in [3.63, 3.8) is 0 Å². The first-order valence-corrected chi connectivity index (χ1v) is 7.33. The number of hydrogen-bond acceptors (Lipinski definition) is 4. The van der Waals surface area contributed by atoms with Gasteiger partial charge in [-0.15, -0.1) is 0 Å². The van der Waals surface area contributed by atoms with Crippen LogP contribution < -0.4 is 4.90 Å². The van der Waals surface area contributed by atoms with Crippen LogP contribution >= 0.6 is 22.6 Å². The molecule has 6 nitrogen and oxygen atoms in total. The molecule has 0 spiro atoms. The van der Waals surface area contributed by atoms with Crippen molar-refractivity contribution in [1.29, 1.82) is 0 Å². The van der Waals surface area contributed by atoms with Gasteiger partial charge in [-0.2, -0.15) is 0 Å². The lowest BCUT2D eigenvalue weighted by molar-refractivity contribution is -0.384. The predicted molar refractivity (Wildman–Crippen MR) is 85.2 cm³/mol. The number of anilines is 1. The van der Waals surface area contributed by atoms with Gasteiger partial charge in [0.25, 0.3) is 5.69 Å². The second kappa shape index (κ2) is 7.41. The SMILES string of the molecule is CC(C)N(CCCC(=O)O)c1ccc(I)cc1[N+](=O)[O-]. The zero-order valence-electron chi connectivity index (χ0n) is 11.4. The van der Waals surface area contributed by atoms with Crippen LogP contribution in [0.4, 0.5) is 11.4 Å². The number of nitro groups is 1. The molecule has 0 saturated heterocycles. The van der Waals surface area contributed by atoms with Crippen LogP contribution in [-0.4, -0.2) is 28.6 Å². The number of nitrogens with zero attached hydrogens (tertiary/aromatic N) is 2. The highest BCUT2D eigenvalue weighted by atomic mass is 127. The lowest BCUT2D eigenvalue weighted by atomic mass is 10.2. The van der Waals surface area contributed by atoms with Gasteiger partial charge in [-0.3, -0.25) is 14.9 Å². The molecule has 0 aromatic heterocycles. The average Bonchev–Trinajstić information content (AvgIpc) is 2.34. The van der Waals surface area contributed by atoms with Gasteiger partial charge in [0.15, 0.2) is 0 Å². The average molecular weight is 392 g/mol. The number of benzene rings is 1. The van der Waals surface area contributed by atoms with Crippen molar-refractivity contribution in [1.82, 2.24) is 0 Å². The number of carboxylic acids is 1. The quantitative estimate of drug-likeness (QED) is 0.438. The first-order valence-electron chi connectivity index (χ1n) is 6.25. The maximum Gasteiger partial charge on any atom is 0.303 e. The van der Waals surface area contributed by atoms with Crippen molar-refractivity contribution in [3.8, 4) is 0 Å². The molecule has 1 N–H and O–H groups in total. The van der Waals surface area contributed by atoms with E-state index < -0.39 is 10.9 Å². The summed E-state index contributed by atoms with van der Waals surface area (Å²) >= 11 is 2.03. The number of hydrogen-bond donors (Lipinski definition) is 1. The standard InChI is InChI=1S/C13H17IN2O4/c1-9(2)15(7-3-4-13(17)18)11-6-5-10(14)8-12(11)16(19)20/h5-6,8-9H,3-4,7H2,1-2H3,(H,17,18). The predicted octanol–water partition coefficient (Wildman–Crippen LogP) is 3.28. The van der Waals surface area contributed by atoms with E-state index in [0.717, 1.165) is 3.57 Å². The van der Waals surface area contributed by atoms with Crippen molar-refractivity contribution in [2.45, 2.75) is 32.7 Å². The monoisotopic (exact) mass is 392 g/mol. The molecule has 0 aliphatic carbocycles. The highest BCUT2D eigenvalue weighted by Crippen LogP contribution is 2.31. The second-order valence-corrected chi connectivity index (χ2v) is 5.92. The lowest BCUT2D eigenvalue weighted by Gasteiger charge is -2.28. The smallest absolute Gasteiger partial charge is 0.303 e.